The number of unbranched alkanes of at least 4 members (excludes halogenated alkanes) is 1. The number of amides is 1. The number of fused-ring (bicyclic) bond motifs is 1. The summed E-state index contributed by atoms with van der Waals surface area (Å²) in [5.41, 5.74) is 9.23. The van der Waals surface area contributed by atoms with E-state index in [1.165, 1.54) is 6.33 Å². The third-order valence-corrected chi connectivity index (χ3v) is 8.31. The van der Waals surface area contributed by atoms with Gasteiger partial charge in [0, 0.05) is 49.2 Å². The number of likely N-dealkylation sites (tertiary alicyclic amines) is 1. The number of carbonyl (C=O) groups excluding carboxylic acids is 1. The fraction of sp³-hybridized carbons (Fsp3) is 0.438. The van der Waals surface area contributed by atoms with E-state index >= 15 is 0 Å². The molecule has 0 saturated carbocycles. The fourth-order valence-corrected chi connectivity index (χ4v) is 6.14. The van der Waals surface area contributed by atoms with Crippen molar-refractivity contribution in [3.05, 3.63) is 71.8 Å². The van der Waals surface area contributed by atoms with Gasteiger partial charge in [0.15, 0.2) is 11.5 Å². The van der Waals surface area contributed by atoms with E-state index < -0.39 is 23.8 Å². The Morgan fingerprint density at radius 3 is 2.79 bits per heavy atom. The van der Waals surface area contributed by atoms with E-state index in [0.717, 1.165) is 35.3 Å². The number of carboxylic acid groups (broad SMARTS) is 1. The van der Waals surface area contributed by atoms with E-state index in [1.54, 1.807) is 18.2 Å². The molecular formula is C32H39N5O6. The highest BCUT2D eigenvalue weighted by Gasteiger charge is 2.47. The van der Waals surface area contributed by atoms with Crippen LogP contribution in [0.2, 0.25) is 0 Å². The standard InChI is InChI=1S/C32H39N5O6/c1-3-4-12-37(24-7-5-6-21(13-24)16-33)29(38)18-36-17-25(22-14-27(41-2)31-28(15-22)42-20-43-31)30(32(39)40)26(36)9-8-23-10-11-34-19-35-23/h5-7,10-11,13-15,19,25-26,30H,3-4,8-9,12,16-18,20,33H2,1-2H3,(H,39,40). The van der Waals surface area contributed by atoms with Gasteiger partial charge in [-0.1, -0.05) is 25.5 Å². The molecule has 0 bridgehead atoms. The van der Waals surface area contributed by atoms with Gasteiger partial charge < -0.3 is 30.0 Å². The van der Waals surface area contributed by atoms with Crippen molar-refractivity contribution in [3.63, 3.8) is 0 Å². The van der Waals surface area contributed by atoms with Crippen molar-refractivity contribution in [2.24, 2.45) is 11.7 Å². The lowest BCUT2D eigenvalue weighted by Crippen LogP contribution is -2.44. The smallest absolute Gasteiger partial charge is 0.308 e. The van der Waals surface area contributed by atoms with E-state index in [4.69, 9.17) is 19.9 Å². The molecule has 3 N–H and O–H groups in total. The van der Waals surface area contributed by atoms with Crippen molar-refractivity contribution < 1.29 is 28.9 Å². The molecule has 3 atom stereocenters. The Hall–Kier alpha value is -4.22. The van der Waals surface area contributed by atoms with Crippen LogP contribution in [0.5, 0.6) is 17.2 Å². The number of aromatic nitrogens is 2. The van der Waals surface area contributed by atoms with Crippen LogP contribution in [0, 0.1) is 5.92 Å². The van der Waals surface area contributed by atoms with Gasteiger partial charge in [0.25, 0.3) is 0 Å². The van der Waals surface area contributed by atoms with E-state index in [-0.39, 0.29) is 19.2 Å². The first-order valence-corrected chi connectivity index (χ1v) is 14.7. The lowest BCUT2D eigenvalue weighted by molar-refractivity contribution is -0.143. The van der Waals surface area contributed by atoms with Crippen molar-refractivity contribution in [1.82, 2.24) is 14.9 Å². The van der Waals surface area contributed by atoms with Crippen molar-refractivity contribution in [2.45, 2.75) is 51.1 Å². The Bertz CT molecular complexity index is 1420. The molecule has 2 aromatic carbocycles. The number of rotatable bonds is 13. The normalized spacial score (nSPS) is 19.4. The van der Waals surface area contributed by atoms with E-state index in [0.29, 0.717) is 49.7 Å². The van der Waals surface area contributed by atoms with Crippen molar-refractivity contribution >= 4 is 17.6 Å². The second-order valence-electron chi connectivity index (χ2n) is 10.9. The number of aryl methyl sites for hydroxylation is 1. The first-order chi connectivity index (χ1) is 20.9. The van der Waals surface area contributed by atoms with Crippen LogP contribution in [0.25, 0.3) is 0 Å². The van der Waals surface area contributed by atoms with Crippen LogP contribution in [0.1, 0.15) is 48.9 Å². The number of aliphatic carboxylic acids is 1. The Kier molecular flexibility index (Phi) is 9.73. The lowest BCUT2D eigenvalue weighted by atomic mass is 9.83. The minimum atomic E-state index is -0.914. The highest BCUT2D eigenvalue weighted by molar-refractivity contribution is 5.95. The summed E-state index contributed by atoms with van der Waals surface area (Å²) in [4.78, 5) is 39.1. The third-order valence-electron chi connectivity index (χ3n) is 8.31. The molecule has 1 amide bonds. The molecule has 1 aromatic heterocycles. The molecule has 1 fully saturated rings. The Balaban J connectivity index is 1.47. The zero-order chi connectivity index (χ0) is 30.3. The molecule has 11 heteroatoms. The number of hydrogen-bond acceptors (Lipinski definition) is 9. The Morgan fingerprint density at radius 2 is 2.07 bits per heavy atom. The zero-order valence-corrected chi connectivity index (χ0v) is 24.6. The summed E-state index contributed by atoms with van der Waals surface area (Å²) in [7, 11) is 1.55. The zero-order valence-electron chi connectivity index (χ0n) is 24.6. The van der Waals surface area contributed by atoms with Gasteiger partial charge >= 0.3 is 5.97 Å². The number of carboxylic acids is 1. The number of benzene rings is 2. The molecule has 43 heavy (non-hydrogen) atoms. The number of carbonyl (C=O) groups is 2. The largest absolute Gasteiger partial charge is 0.493 e. The summed E-state index contributed by atoms with van der Waals surface area (Å²) in [6.07, 6.45) is 6.00. The average Bonchev–Trinajstić information content (AvgIpc) is 3.65. The minimum Gasteiger partial charge on any atom is -0.493 e. The third kappa shape index (κ3) is 6.73. The lowest BCUT2D eigenvalue weighted by Gasteiger charge is -2.30. The number of ether oxygens (including phenoxy) is 3. The van der Waals surface area contributed by atoms with Gasteiger partial charge in [-0.2, -0.15) is 0 Å². The maximum absolute atomic E-state index is 14.0. The van der Waals surface area contributed by atoms with Crippen molar-refractivity contribution in [3.8, 4) is 17.2 Å². The van der Waals surface area contributed by atoms with Crippen LogP contribution in [0.4, 0.5) is 5.69 Å². The van der Waals surface area contributed by atoms with Crippen LogP contribution in [-0.2, 0) is 22.6 Å². The van der Waals surface area contributed by atoms with Crippen LogP contribution >= 0.6 is 0 Å². The molecule has 0 radical (unpaired) electrons. The molecule has 0 aliphatic carbocycles. The molecule has 3 aromatic rings. The molecule has 228 valence electrons. The predicted octanol–water partition coefficient (Wildman–Crippen LogP) is 3.61. The molecule has 11 nitrogen and oxygen atoms in total. The van der Waals surface area contributed by atoms with E-state index in [2.05, 4.69) is 16.9 Å². The highest BCUT2D eigenvalue weighted by atomic mass is 16.7. The van der Waals surface area contributed by atoms with Crippen molar-refractivity contribution in [2.75, 3.05) is 38.4 Å². The summed E-state index contributed by atoms with van der Waals surface area (Å²) >= 11 is 0. The highest BCUT2D eigenvalue weighted by Crippen LogP contribution is 2.47. The van der Waals surface area contributed by atoms with Crippen LogP contribution in [-0.4, -0.2) is 71.4 Å². The van der Waals surface area contributed by atoms with Gasteiger partial charge in [0.2, 0.25) is 18.4 Å². The summed E-state index contributed by atoms with van der Waals surface area (Å²) in [6.45, 7) is 3.56. The summed E-state index contributed by atoms with van der Waals surface area (Å²) in [5.74, 6) is -0.652. The first kappa shape index (κ1) is 30.2. The first-order valence-electron chi connectivity index (χ1n) is 14.7. The van der Waals surface area contributed by atoms with E-state index in [1.807, 2.05) is 47.4 Å². The second kappa shape index (κ2) is 13.8. The topological polar surface area (TPSA) is 140 Å². The van der Waals surface area contributed by atoms with Crippen molar-refractivity contribution in [1.29, 1.82) is 0 Å². The Morgan fingerprint density at radius 1 is 1.21 bits per heavy atom. The van der Waals surface area contributed by atoms with Gasteiger partial charge in [-0.15, -0.1) is 0 Å². The average molecular weight is 590 g/mol. The number of nitrogens with zero attached hydrogens (tertiary/aromatic N) is 4. The summed E-state index contributed by atoms with van der Waals surface area (Å²) < 4.78 is 16.8. The maximum Gasteiger partial charge on any atom is 0.308 e. The second-order valence-corrected chi connectivity index (χ2v) is 10.9. The van der Waals surface area contributed by atoms with Gasteiger partial charge in [0.1, 0.15) is 6.33 Å². The van der Waals surface area contributed by atoms with Crippen LogP contribution < -0.4 is 24.8 Å². The molecular weight excluding hydrogens is 550 g/mol. The van der Waals surface area contributed by atoms with Gasteiger partial charge in [-0.05, 0) is 60.7 Å². The number of nitrogens with two attached hydrogens (primary N) is 1. The minimum absolute atomic E-state index is 0.0727. The van der Waals surface area contributed by atoms with Gasteiger partial charge in [-0.25, -0.2) is 9.97 Å². The number of methoxy groups -OCH3 is 1. The molecule has 3 unspecified atom stereocenters. The monoisotopic (exact) mass is 589 g/mol. The maximum atomic E-state index is 14.0. The molecule has 1 saturated heterocycles. The number of hydrogen-bond donors (Lipinski definition) is 2. The summed E-state index contributed by atoms with van der Waals surface area (Å²) in [6, 6.07) is 12.8. The fourth-order valence-electron chi connectivity index (χ4n) is 6.14. The Labute approximate surface area is 251 Å². The number of anilines is 1. The molecule has 2 aliphatic rings. The predicted molar refractivity (Wildman–Crippen MR) is 160 cm³/mol. The quantitative estimate of drug-likeness (QED) is 0.304. The SMILES string of the molecule is CCCCN(C(=O)CN1CC(c2cc(OC)c3c(c2)OCO3)C(C(=O)O)C1CCc1ccncn1)c1cccc(CN)c1. The molecule has 0 spiro atoms. The molecule has 5 rings (SSSR count). The van der Waals surface area contributed by atoms with Gasteiger partial charge in [0.05, 0.1) is 19.6 Å². The van der Waals surface area contributed by atoms with Gasteiger partial charge in [-0.3, -0.25) is 14.5 Å². The van der Waals surface area contributed by atoms with Crippen LogP contribution in [0.15, 0.2) is 55.0 Å². The van der Waals surface area contributed by atoms with Crippen LogP contribution in [0.3, 0.4) is 0 Å². The molecule has 2 aliphatic heterocycles. The van der Waals surface area contributed by atoms with E-state index in [9.17, 15) is 14.7 Å². The summed E-state index contributed by atoms with van der Waals surface area (Å²) in [5, 5.41) is 10.6. The molecule has 3 heterocycles.